The molecule has 0 unspecified atom stereocenters. The smallest absolute Gasteiger partial charge is 0.318 e. The van der Waals surface area contributed by atoms with Gasteiger partial charge in [-0.15, -0.1) is 0 Å². The summed E-state index contributed by atoms with van der Waals surface area (Å²) in [6.07, 6.45) is 0. The van der Waals surface area contributed by atoms with Gasteiger partial charge in [-0.1, -0.05) is 34.8 Å². The normalized spacial score (nSPS) is 10.4. The molecule has 0 fully saturated rings. The minimum absolute atomic E-state index is 0.0132. The van der Waals surface area contributed by atoms with Gasteiger partial charge in [0.05, 0.1) is 35.5 Å². The lowest BCUT2D eigenvalue weighted by Gasteiger charge is -2.10. The first-order valence-corrected chi connectivity index (χ1v) is 7.58. The highest BCUT2D eigenvalue weighted by Crippen LogP contribution is 2.42. The van der Waals surface area contributed by atoms with Crippen molar-refractivity contribution in [2.45, 2.75) is 0 Å². The number of nitro benzene ring substituents is 2. The fourth-order valence-corrected chi connectivity index (χ4v) is 2.64. The summed E-state index contributed by atoms with van der Waals surface area (Å²) in [7, 11) is 0. The molecular weight excluding hydrogens is 438 g/mol. The van der Waals surface area contributed by atoms with Crippen molar-refractivity contribution in [3.05, 3.63) is 64.0 Å². The Morgan fingerprint density at radius 1 is 0.826 bits per heavy atom. The summed E-state index contributed by atoms with van der Waals surface area (Å²) in [4.78, 5) is 20.4. The minimum atomic E-state index is -0.805. The first kappa shape index (κ1) is 17.7. The second-order valence-corrected chi connectivity index (χ2v) is 6.16. The topological polar surface area (TPSA) is 95.5 Å². The Morgan fingerprint density at radius 3 is 1.96 bits per heavy atom. The van der Waals surface area contributed by atoms with Crippen LogP contribution in [0.5, 0.6) is 11.5 Å². The van der Waals surface area contributed by atoms with Gasteiger partial charge in [0.1, 0.15) is 5.75 Å². The van der Waals surface area contributed by atoms with Crippen molar-refractivity contribution in [2.24, 2.45) is 0 Å². The summed E-state index contributed by atoms with van der Waals surface area (Å²) in [5.74, 6) is -0.224. The lowest BCUT2D eigenvalue weighted by Crippen LogP contribution is -1.97. The first-order chi connectivity index (χ1) is 10.7. The van der Waals surface area contributed by atoms with E-state index in [-0.39, 0.29) is 31.0 Å². The van der Waals surface area contributed by atoms with E-state index in [1.807, 2.05) is 0 Å². The van der Waals surface area contributed by atoms with Crippen LogP contribution >= 0.6 is 50.7 Å². The predicted octanol–water partition coefficient (Wildman–Crippen LogP) is 6.02. The van der Waals surface area contributed by atoms with Crippen molar-refractivity contribution in [3.63, 3.8) is 0 Å². The second-order valence-electron chi connectivity index (χ2n) is 4.08. The predicted molar refractivity (Wildman–Crippen MR) is 89.0 cm³/mol. The number of halogens is 4. The SMILES string of the molecule is O=[N+]([O-])c1cc([N+](=O)[O-])c(Oc2cc(Cl)c(Cl)cc2Cl)cc1Br. The molecule has 23 heavy (non-hydrogen) atoms. The molecule has 0 saturated carbocycles. The van der Waals surface area contributed by atoms with Gasteiger partial charge >= 0.3 is 5.69 Å². The highest BCUT2D eigenvalue weighted by atomic mass is 79.9. The Bertz CT molecular complexity index is 831. The van der Waals surface area contributed by atoms with Gasteiger partial charge in [0.25, 0.3) is 5.69 Å². The highest BCUT2D eigenvalue weighted by Gasteiger charge is 2.25. The molecule has 0 spiro atoms. The van der Waals surface area contributed by atoms with Crippen molar-refractivity contribution in [3.8, 4) is 11.5 Å². The van der Waals surface area contributed by atoms with Gasteiger partial charge in [0.15, 0.2) is 0 Å². The molecule has 0 atom stereocenters. The van der Waals surface area contributed by atoms with Gasteiger partial charge in [-0.3, -0.25) is 20.2 Å². The third-order valence-corrected chi connectivity index (χ3v) is 4.27. The maximum absolute atomic E-state index is 11.1. The minimum Gasteiger partial charge on any atom is -0.448 e. The Hall–Kier alpha value is -1.61. The zero-order valence-corrected chi connectivity index (χ0v) is 14.6. The van der Waals surface area contributed by atoms with Crippen LogP contribution < -0.4 is 4.74 Å². The van der Waals surface area contributed by atoms with Crippen LogP contribution in [-0.2, 0) is 0 Å². The van der Waals surface area contributed by atoms with Crippen LogP contribution in [0.25, 0.3) is 0 Å². The van der Waals surface area contributed by atoms with Crippen LogP contribution in [0.3, 0.4) is 0 Å². The molecular formula is C12H4BrCl3N2O5. The van der Waals surface area contributed by atoms with Gasteiger partial charge in [-0.05, 0) is 22.0 Å². The molecule has 0 aliphatic carbocycles. The van der Waals surface area contributed by atoms with Crippen molar-refractivity contribution in [2.75, 3.05) is 0 Å². The van der Waals surface area contributed by atoms with E-state index in [0.717, 1.165) is 12.1 Å². The number of rotatable bonds is 4. The quantitative estimate of drug-likeness (QED) is 0.328. The van der Waals surface area contributed by atoms with Crippen LogP contribution in [0.1, 0.15) is 0 Å². The molecule has 2 aromatic carbocycles. The Balaban J connectivity index is 2.56. The first-order valence-electron chi connectivity index (χ1n) is 5.65. The molecule has 0 heterocycles. The Labute approximate surface area is 152 Å². The molecule has 0 saturated heterocycles. The molecule has 0 aromatic heterocycles. The van der Waals surface area contributed by atoms with E-state index in [1.165, 1.54) is 12.1 Å². The Morgan fingerprint density at radius 2 is 1.39 bits per heavy atom. The summed E-state index contributed by atoms with van der Waals surface area (Å²) in [6.45, 7) is 0. The van der Waals surface area contributed by atoms with Gasteiger partial charge in [-0.2, -0.15) is 0 Å². The number of benzene rings is 2. The molecule has 0 N–H and O–H groups in total. The van der Waals surface area contributed by atoms with Gasteiger partial charge in [-0.25, -0.2) is 0 Å². The number of nitrogens with zero attached hydrogens (tertiary/aromatic N) is 2. The van der Waals surface area contributed by atoms with Crippen molar-refractivity contribution >= 4 is 62.1 Å². The maximum Gasteiger partial charge on any atom is 0.318 e. The van der Waals surface area contributed by atoms with Crippen LogP contribution in [0.15, 0.2) is 28.7 Å². The maximum atomic E-state index is 11.1. The molecule has 11 heteroatoms. The van der Waals surface area contributed by atoms with Crippen molar-refractivity contribution < 1.29 is 14.6 Å². The molecule has 0 aliphatic heterocycles. The van der Waals surface area contributed by atoms with E-state index in [0.29, 0.717) is 0 Å². The fraction of sp³-hybridized carbons (Fsp3) is 0. The van der Waals surface area contributed by atoms with E-state index < -0.39 is 21.2 Å². The van der Waals surface area contributed by atoms with E-state index >= 15 is 0 Å². The number of ether oxygens (including phenoxy) is 1. The van der Waals surface area contributed by atoms with E-state index in [2.05, 4.69) is 15.9 Å². The van der Waals surface area contributed by atoms with E-state index in [9.17, 15) is 20.2 Å². The average molecular weight is 442 g/mol. The van der Waals surface area contributed by atoms with Crippen LogP contribution in [0, 0.1) is 20.2 Å². The van der Waals surface area contributed by atoms with Gasteiger partial charge in [0.2, 0.25) is 5.75 Å². The molecule has 2 aromatic rings. The number of hydrogen-bond acceptors (Lipinski definition) is 5. The Kier molecular flexibility index (Phi) is 5.30. The molecule has 7 nitrogen and oxygen atoms in total. The van der Waals surface area contributed by atoms with Crippen LogP contribution in [-0.4, -0.2) is 9.85 Å². The third-order valence-electron chi connectivity index (χ3n) is 2.62. The largest absolute Gasteiger partial charge is 0.448 e. The lowest BCUT2D eigenvalue weighted by molar-refractivity contribution is -0.395. The molecule has 0 amide bonds. The number of hydrogen-bond donors (Lipinski definition) is 0. The molecule has 120 valence electrons. The van der Waals surface area contributed by atoms with Crippen molar-refractivity contribution in [1.82, 2.24) is 0 Å². The van der Waals surface area contributed by atoms with E-state index in [4.69, 9.17) is 39.5 Å². The molecule has 0 aliphatic rings. The van der Waals surface area contributed by atoms with Gasteiger partial charge in [0, 0.05) is 12.1 Å². The summed E-state index contributed by atoms with van der Waals surface area (Å²) in [5.41, 5.74) is -1.06. The zero-order valence-electron chi connectivity index (χ0n) is 10.8. The third kappa shape index (κ3) is 3.84. The second kappa shape index (κ2) is 6.88. The average Bonchev–Trinajstić information content (AvgIpc) is 2.44. The number of nitro groups is 2. The fourth-order valence-electron chi connectivity index (χ4n) is 1.60. The zero-order chi connectivity index (χ0) is 17.3. The summed E-state index contributed by atoms with van der Waals surface area (Å²) in [6, 6.07) is 4.48. The summed E-state index contributed by atoms with van der Waals surface area (Å²) >= 11 is 20.5. The van der Waals surface area contributed by atoms with Crippen LogP contribution in [0.2, 0.25) is 15.1 Å². The molecule has 0 bridgehead atoms. The summed E-state index contributed by atoms with van der Waals surface area (Å²) in [5, 5.41) is 22.4. The highest BCUT2D eigenvalue weighted by molar-refractivity contribution is 9.10. The van der Waals surface area contributed by atoms with E-state index in [1.54, 1.807) is 0 Å². The van der Waals surface area contributed by atoms with Crippen molar-refractivity contribution in [1.29, 1.82) is 0 Å². The molecule has 0 radical (unpaired) electrons. The lowest BCUT2D eigenvalue weighted by atomic mass is 10.2. The monoisotopic (exact) mass is 440 g/mol. The standard InChI is InChI=1S/C12H4BrCl3N2O5/c13-5-1-12(10(18(21)22)4-9(5)17(19)20)23-11-3-7(15)6(14)2-8(11)16/h1-4H. The molecule has 2 rings (SSSR count). The van der Waals surface area contributed by atoms with Crippen LogP contribution in [0.4, 0.5) is 11.4 Å². The summed E-state index contributed by atoms with van der Waals surface area (Å²) < 4.78 is 5.40. The van der Waals surface area contributed by atoms with Gasteiger partial charge < -0.3 is 4.74 Å².